The Labute approximate surface area is 126 Å². The zero-order valence-electron chi connectivity index (χ0n) is 12.0. The van der Waals surface area contributed by atoms with Crippen molar-refractivity contribution in [3.63, 3.8) is 0 Å². The lowest BCUT2D eigenvalue weighted by atomic mass is 10.0. The lowest BCUT2D eigenvalue weighted by molar-refractivity contribution is -0.203. The van der Waals surface area contributed by atoms with Crippen LogP contribution >= 0.6 is 11.8 Å². The third-order valence-electron chi connectivity index (χ3n) is 2.92. The van der Waals surface area contributed by atoms with Gasteiger partial charge >= 0.3 is 18.2 Å². The van der Waals surface area contributed by atoms with Gasteiger partial charge in [-0.05, 0) is 31.8 Å². The van der Waals surface area contributed by atoms with Crippen molar-refractivity contribution in [3.05, 3.63) is 0 Å². The van der Waals surface area contributed by atoms with Crippen molar-refractivity contribution in [3.8, 4) is 0 Å². The van der Waals surface area contributed by atoms with Crippen molar-refractivity contribution in [2.24, 2.45) is 0 Å². The van der Waals surface area contributed by atoms with Crippen LogP contribution in [0.5, 0.6) is 0 Å². The molecule has 0 saturated carbocycles. The SMILES string of the molecule is CSCCCCCCNC(=O)NC(C)(C(=O)O)C(F)(F)F. The van der Waals surface area contributed by atoms with Crippen LogP contribution < -0.4 is 10.6 Å². The largest absolute Gasteiger partial charge is 0.479 e. The molecule has 0 aliphatic rings. The average Bonchev–Trinajstić information content (AvgIpc) is 2.36. The maximum Gasteiger partial charge on any atom is 0.422 e. The van der Waals surface area contributed by atoms with E-state index in [0.717, 1.165) is 25.0 Å². The van der Waals surface area contributed by atoms with Crippen LogP contribution in [0.2, 0.25) is 0 Å². The lowest BCUT2D eigenvalue weighted by Gasteiger charge is -2.28. The molecule has 0 saturated heterocycles. The molecule has 3 N–H and O–H groups in total. The Morgan fingerprint density at radius 1 is 1.14 bits per heavy atom. The van der Waals surface area contributed by atoms with Gasteiger partial charge in [-0.1, -0.05) is 12.8 Å². The summed E-state index contributed by atoms with van der Waals surface area (Å²) < 4.78 is 38.0. The highest BCUT2D eigenvalue weighted by Crippen LogP contribution is 2.30. The molecule has 1 unspecified atom stereocenters. The molecule has 0 fully saturated rings. The Balaban J connectivity index is 4.10. The molecule has 0 heterocycles. The number of aliphatic carboxylic acids is 1. The molecular weight excluding hydrogens is 309 g/mol. The van der Waals surface area contributed by atoms with E-state index in [1.54, 1.807) is 11.8 Å². The van der Waals surface area contributed by atoms with Crippen LogP contribution in [0.1, 0.15) is 32.6 Å². The van der Waals surface area contributed by atoms with Crippen LogP contribution in [-0.4, -0.2) is 47.4 Å². The Bertz CT molecular complexity index is 353. The van der Waals surface area contributed by atoms with Gasteiger partial charge in [0.05, 0.1) is 0 Å². The normalized spacial score (nSPS) is 14.3. The Morgan fingerprint density at radius 2 is 1.71 bits per heavy atom. The predicted octanol–water partition coefficient (Wildman–Crippen LogP) is 2.61. The second kappa shape index (κ2) is 9.01. The second-order valence-corrected chi connectivity index (χ2v) is 5.70. The minimum absolute atomic E-state index is 0.207. The van der Waals surface area contributed by atoms with Gasteiger partial charge in [0, 0.05) is 6.54 Å². The minimum Gasteiger partial charge on any atom is -0.479 e. The predicted molar refractivity (Wildman–Crippen MR) is 75.5 cm³/mol. The summed E-state index contributed by atoms with van der Waals surface area (Å²) in [6.45, 7) is 0.621. The number of carbonyl (C=O) groups excluding carboxylic acids is 1. The van der Waals surface area contributed by atoms with Gasteiger partial charge in [0.2, 0.25) is 5.54 Å². The molecule has 124 valence electrons. The summed E-state index contributed by atoms with van der Waals surface area (Å²) in [6, 6.07) is -1.14. The van der Waals surface area contributed by atoms with E-state index in [0.29, 0.717) is 13.3 Å². The molecule has 0 bridgehead atoms. The van der Waals surface area contributed by atoms with Gasteiger partial charge in [-0.15, -0.1) is 0 Å². The van der Waals surface area contributed by atoms with Crippen molar-refractivity contribution in [2.45, 2.75) is 44.3 Å². The summed E-state index contributed by atoms with van der Waals surface area (Å²) in [5, 5.41) is 12.3. The monoisotopic (exact) mass is 330 g/mol. The summed E-state index contributed by atoms with van der Waals surface area (Å²) >= 11 is 1.74. The summed E-state index contributed by atoms with van der Waals surface area (Å²) in [5.74, 6) is -1.10. The van der Waals surface area contributed by atoms with Crippen molar-refractivity contribution < 1.29 is 27.9 Å². The average molecular weight is 330 g/mol. The highest BCUT2D eigenvalue weighted by molar-refractivity contribution is 7.98. The van der Waals surface area contributed by atoms with E-state index in [-0.39, 0.29) is 6.54 Å². The number of carbonyl (C=O) groups is 2. The molecule has 5 nitrogen and oxygen atoms in total. The molecule has 9 heteroatoms. The van der Waals surface area contributed by atoms with Crippen molar-refractivity contribution in [1.29, 1.82) is 0 Å². The van der Waals surface area contributed by atoms with E-state index in [2.05, 4.69) is 5.32 Å². The molecule has 0 spiro atoms. The van der Waals surface area contributed by atoms with Crippen molar-refractivity contribution in [1.82, 2.24) is 10.6 Å². The van der Waals surface area contributed by atoms with Crippen molar-refractivity contribution >= 4 is 23.8 Å². The van der Waals surface area contributed by atoms with Gasteiger partial charge in [0.1, 0.15) is 0 Å². The fourth-order valence-electron chi connectivity index (χ4n) is 1.44. The van der Waals surface area contributed by atoms with E-state index in [1.165, 1.54) is 5.32 Å². The number of unbranched alkanes of at least 4 members (excludes halogenated alkanes) is 3. The molecule has 0 aromatic carbocycles. The minimum atomic E-state index is -5.08. The molecule has 1 atom stereocenters. The number of nitrogens with one attached hydrogen (secondary N) is 2. The van der Waals surface area contributed by atoms with Crippen LogP contribution in [0, 0.1) is 0 Å². The number of carboxylic acid groups (broad SMARTS) is 1. The molecule has 0 aliphatic carbocycles. The molecular formula is C12H21F3N2O3S. The first kappa shape index (κ1) is 19.9. The first-order chi connectivity index (χ1) is 9.65. The smallest absolute Gasteiger partial charge is 0.422 e. The molecule has 0 aliphatic heterocycles. The molecule has 21 heavy (non-hydrogen) atoms. The number of hydrogen-bond acceptors (Lipinski definition) is 3. The van der Waals surface area contributed by atoms with Gasteiger partial charge < -0.3 is 15.7 Å². The van der Waals surface area contributed by atoms with E-state index in [4.69, 9.17) is 5.11 Å². The molecule has 0 aromatic rings. The zero-order chi connectivity index (χ0) is 16.5. The van der Waals surface area contributed by atoms with E-state index < -0.39 is 23.7 Å². The van der Waals surface area contributed by atoms with E-state index >= 15 is 0 Å². The first-order valence-electron chi connectivity index (χ1n) is 6.50. The Morgan fingerprint density at radius 3 is 2.19 bits per heavy atom. The Hall–Kier alpha value is -1.12. The fourth-order valence-corrected chi connectivity index (χ4v) is 1.94. The highest BCUT2D eigenvalue weighted by Gasteiger charge is 2.58. The van der Waals surface area contributed by atoms with Crippen molar-refractivity contribution in [2.75, 3.05) is 18.6 Å². The molecule has 0 rings (SSSR count). The van der Waals surface area contributed by atoms with E-state index in [1.807, 2.05) is 6.26 Å². The lowest BCUT2D eigenvalue weighted by Crippen LogP contribution is -2.63. The quantitative estimate of drug-likeness (QED) is 0.568. The van der Waals surface area contributed by atoms with Gasteiger partial charge in [-0.3, -0.25) is 0 Å². The van der Waals surface area contributed by atoms with Crippen LogP contribution in [0.3, 0.4) is 0 Å². The number of halogens is 3. The number of rotatable bonds is 9. The summed E-state index contributed by atoms with van der Waals surface area (Å²) in [7, 11) is 0. The topological polar surface area (TPSA) is 78.4 Å². The van der Waals surface area contributed by atoms with E-state index in [9.17, 15) is 22.8 Å². The third kappa shape index (κ3) is 6.92. The van der Waals surface area contributed by atoms with Gasteiger partial charge in [0.15, 0.2) is 0 Å². The number of alkyl halides is 3. The maximum atomic E-state index is 12.7. The first-order valence-corrected chi connectivity index (χ1v) is 7.89. The maximum absolute atomic E-state index is 12.7. The number of amides is 2. The third-order valence-corrected chi connectivity index (χ3v) is 3.62. The summed E-state index contributed by atoms with van der Waals surface area (Å²) in [4.78, 5) is 22.1. The van der Waals surface area contributed by atoms with Gasteiger partial charge in [0.25, 0.3) is 0 Å². The Kier molecular flexibility index (Phi) is 8.53. The van der Waals surface area contributed by atoms with Crippen LogP contribution in [0.25, 0.3) is 0 Å². The molecule has 0 radical (unpaired) electrons. The van der Waals surface area contributed by atoms with Gasteiger partial charge in [-0.2, -0.15) is 24.9 Å². The number of urea groups is 1. The standard InChI is InChI=1S/C12H21F3N2O3S/c1-11(9(18)19,12(13,14)15)17-10(20)16-7-5-3-4-6-8-21-2/h3-8H2,1-2H3,(H,18,19)(H2,16,17,20). The van der Waals surface area contributed by atoms with Crippen LogP contribution in [0.4, 0.5) is 18.0 Å². The number of thioether (sulfide) groups is 1. The highest BCUT2D eigenvalue weighted by atomic mass is 32.2. The number of hydrogen-bond donors (Lipinski definition) is 3. The van der Waals surface area contributed by atoms with Gasteiger partial charge in [-0.25, -0.2) is 9.59 Å². The number of carboxylic acids is 1. The zero-order valence-corrected chi connectivity index (χ0v) is 12.9. The summed E-state index contributed by atoms with van der Waals surface area (Å²) in [5.41, 5.74) is -3.30. The molecule has 2 amide bonds. The van der Waals surface area contributed by atoms with Crippen LogP contribution in [0.15, 0.2) is 0 Å². The summed E-state index contributed by atoms with van der Waals surface area (Å²) in [6.07, 6.45) is 0.464. The molecule has 0 aromatic heterocycles. The van der Waals surface area contributed by atoms with Crippen LogP contribution in [-0.2, 0) is 4.79 Å². The second-order valence-electron chi connectivity index (χ2n) is 4.72. The fraction of sp³-hybridized carbons (Fsp3) is 0.833.